The number of hydrogen-bond acceptors (Lipinski definition) is 15. The number of aliphatic hydroxyl groups is 7. The first-order valence-electron chi connectivity index (χ1n) is 28.9. The molecule has 11 unspecified atom stereocenters. The fourth-order valence-electron chi connectivity index (χ4n) is 9.20. The quantitative estimate of drug-likeness (QED) is 0.0171. The zero-order valence-electron chi connectivity index (χ0n) is 44.9. The fraction of sp³-hybridized carbons (Fsp3) is 0.895. The molecule has 0 saturated carbocycles. The van der Waals surface area contributed by atoms with Crippen LogP contribution in [0.1, 0.15) is 232 Å². The second-order valence-corrected chi connectivity index (χ2v) is 20.5. The third-order valence-corrected chi connectivity index (χ3v) is 13.9. The van der Waals surface area contributed by atoms with Gasteiger partial charge < -0.3 is 64.2 Å². The minimum atomic E-state index is -1.77. The highest BCUT2D eigenvalue weighted by atomic mass is 16.7. The highest BCUT2D eigenvalue weighted by molar-refractivity contribution is 5.70. The minimum Gasteiger partial charge on any atom is -0.462 e. The summed E-state index contributed by atoms with van der Waals surface area (Å²) in [4.78, 5) is 25.8. The molecule has 0 radical (unpaired) electrons. The third-order valence-electron chi connectivity index (χ3n) is 13.9. The van der Waals surface area contributed by atoms with Crippen molar-refractivity contribution in [3.63, 3.8) is 0 Å². The van der Waals surface area contributed by atoms with Crippen molar-refractivity contribution in [2.45, 2.75) is 300 Å². The normalized spacial score (nSPS) is 25.1. The standard InChI is InChI=1S/C57H104O15/c1-3-5-7-9-11-13-15-17-18-19-20-21-22-23-24-25-26-28-29-31-33-35-37-39-48(59)67-42-45(70-49(60)40-38-36-34-32-30-27-16-14-12-10-8-6-4-2)43-68-56-55(66)53(64)51(62)47(72-56)44-69-57-54(65)52(63)50(61)46(41-58)71-57/h8,10,14,16,45-47,50-58,61-66H,3-7,9,11-13,15,17-44H2,1-2H3/b10-8-,16-14-. The monoisotopic (exact) mass is 1030 g/mol. The van der Waals surface area contributed by atoms with Gasteiger partial charge >= 0.3 is 11.9 Å². The number of carbonyl (C=O) groups excluding carboxylic acids is 2. The number of ether oxygens (including phenoxy) is 6. The summed E-state index contributed by atoms with van der Waals surface area (Å²) >= 11 is 0. The molecule has 0 aliphatic carbocycles. The van der Waals surface area contributed by atoms with Gasteiger partial charge in [-0.05, 0) is 38.5 Å². The zero-order chi connectivity index (χ0) is 52.4. The fourth-order valence-corrected chi connectivity index (χ4v) is 9.20. The van der Waals surface area contributed by atoms with Gasteiger partial charge in [0.05, 0.1) is 19.8 Å². The van der Waals surface area contributed by atoms with E-state index in [-0.39, 0.29) is 26.1 Å². The average molecular weight is 1030 g/mol. The van der Waals surface area contributed by atoms with Crippen LogP contribution in [-0.2, 0) is 38.0 Å². The molecular formula is C57H104O15. The van der Waals surface area contributed by atoms with Crippen LogP contribution in [0.3, 0.4) is 0 Å². The molecule has 0 aromatic carbocycles. The SMILES string of the molecule is CCC/C=C\C/C=C\CCCCCCCC(=O)OC(COC(=O)CCCCCCCCCCCCCCCCCCCCCCCCC)COC1OC(COC2OC(CO)C(O)C(O)C2O)C(O)C(O)C1O. The van der Waals surface area contributed by atoms with Gasteiger partial charge in [0.1, 0.15) is 55.4 Å². The first kappa shape index (κ1) is 66.1. The maximum absolute atomic E-state index is 13.0. The molecule has 0 amide bonds. The molecule has 2 heterocycles. The Morgan fingerprint density at radius 1 is 0.444 bits per heavy atom. The molecule has 11 atom stereocenters. The average Bonchev–Trinajstić information content (AvgIpc) is 3.37. The molecule has 422 valence electrons. The van der Waals surface area contributed by atoms with Crippen LogP contribution < -0.4 is 0 Å². The predicted molar refractivity (Wildman–Crippen MR) is 280 cm³/mol. The molecule has 7 N–H and O–H groups in total. The Morgan fingerprint density at radius 2 is 0.861 bits per heavy atom. The Balaban J connectivity index is 1.71. The molecule has 2 rings (SSSR count). The molecule has 0 aromatic rings. The van der Waals surface area contributed by atoms with Gasteiger partial charge in [0, 0.05) is 12.8 Å². The molecule has 0 spiro atoms. The van der Waals surface area contributed by atoms with E-state index in [1.54, 1.807) is 0 Å². The van der Waals surface area contributed by atoms with Crippen LogP contribution in [-0.4, -0.2) is 142 Å². The largest absolute Gasteiger partial charge is 0.462 e. The lowest BCUT2D eigenvalue weighted by molar-refractivity contribution is -0.332. The number of aliphatic hydroxyl groups excluding tert-OH is 7. The van der Waals surface area contributed by atoms with Crippen LogP contribution in [0, 0.1) is 0 Å². The van der Waals surface area contributed by atoms with E-state index in [1.807, 2.05) is 0 Å². The van der Waals surface area contributed by atoms with E-state index in [2.05, 4.69) is 38.2 Å². The number of hydrogen-bond donors (Lipinski definition) is 7. The van der Waals surface area contributed by atoms with Crippen molar-refractivity contribution >= 4 is 11.9 Å². The van der Waals surface area contributed by atoms with Gasteiger partial charge in [-0.2, -0.15) is 0 Å². The highest BCUT2D eigenvalue weighted by Gasteiger charge is 2.47. The van der Waals surface area contributed by atoms with Crippen LogP contribution in [0.2, 0.25) is 0 Å². The summed E-state index contributed by atoms with van der Waals surface area (Å²) in [5.74, 6) is -0.930. The van der Waals surface area contributed by atoms with Gasteiger partial charge in [0.25, 0.3) is 0 Å². The topological polar surface area (TPSA) is 231 Å². The van der Waals surface area contributed by atoms with E-state index in [4.69, 9.17) is 28.4 Å². The number of allylic oxidation sites excluding steroid dienone is 4. The Morgan fingerprint density at radius 3 is 1.35 bits per heavy atom. The van der Waals surface area contributed by atoms with Crippen LogP contribution in [0.25, 0.3) is 0 Å². The van der Waals surface area contributed by atoms with Gasteiger partial charge in [0.15, 0.2) is 18.7 Å². The van der Waals surface area contributed by atoms with Gasteiger partial charge in [0.2, 0.25) is 0 Å². The summed E-state index contributed by atoms with van der Waals surface area (Å²) in [7, 11) is 0. The molecule has 2 fully saturated rings. The van der Waals surface area contributed by atoms with Crippen molar-refractivity contribution in [3.8, 4) is 0 Å². The van der Waals surface area contributed by atoms with E-state index >= 15 is 0 Å². The van der Waals surface area contributed by atoms with Crippen molar-refractivity contribution in [2.75, 3.05) is 26.4 Å². The molecule has 15 heteroatoms. The molecule has 2 aliphatic heterocycles. The number of carbonyl (C=O) groups is 2. The van der Waals surface area contributed by atoms with E-state index in [1.165, 1.54) is 122 Å². The lowest BCUT2D eigenvalue weighted by atomic mass is 9.98. The van der Waals surface area contributed by atoms with E-state index in [0.717, 1.165) is 70.6 Å². The lowest BCUT2D eigenvalue weighted by Gasteiger charge is -2.42. The van der Waals surface area contributed by atoms with Crippen molar-refractivity contribution in [1.82, 2.24) is 0 Å². The molecule has 72 heavy (non-hydrogen) atoms. The van der Waals surface area contributed by atoms with Crippen molar-refractivity contribution in [3.05, 3.63) is 24.3 Å². The maximum Gasteiger partial charge on any atom is 0.306 e. The number of esters is 2. The summed E-state index contributed by atoms with van der Waals surface area (Å²) in [6.07, 6.45) is 30.7. The van der Waals surface area contributed by atoms with E-state index < -0.39 is 92.7 Å². The van der Waals surface area contributed by atoms with Crippen molar-refractivity contribution < 1.29 is 73.8 Å². The Labute approximate surface area is 434 Å². The lowest BCUT2D eigenvalue weighted by Crippen LogP contribution is -2.61. The second-order valence-electron chi connectivity index (χ2n) is 20.5. The van der Waals surface area contributed by atoms with Gasteiger partial charge in [-0.25, -0.2) is 0 Å². The van der Waals surface area contributed by atoms with Crippen molar-refractivity contribution in [2.24, 2.45) is 0 Å². The second kappa shape index (κ2) is 44.1. The Bertz CT molecular complexity index is 1350. The minimum absolute atomic E-state index is 0.152. The summed E-state index contributed by atoms with van der Waals surface area (Å²) < 4.78 is 33.6. The number of unbranched alkanes of at least 4 members (excludes halogenated alkanes) is 28. The predicted octanol–water partition coefficient (Wildman–Crippen LogP) is 9.50. The first-order valence-corrected chi connectivity index (χ1v) is 28.9. The summed E-state index contributed by atoms with van der Waals surface area (Å²) in [6.45, 7) is 2.55. The Hall–Kier alpha value is -2.02. The molecular weight excluding hydrogens is 925 g/mol. The summed E-state index contributed by atoms with van der Waals surface area (Å²) in [6, 6.07) is 0. The molecule has 2 aliphatic rings. The highest BCUT2D eigenvalue weighted by Crippen LogP contribution is 2.27. The van der Waals surface area contributed by atoms with Crippen LogP contribution >= 0.6 is 0 Å². The molecule has 15 nitrogen and oxygen atoms in total. The van der Waals surface area contributed by atoms with Crippen LogP contribution in [0.15, 0.2) is 24.3 Å². The smallest absolute Gasteiger partial charge is 0.306 e. The van der Waals surface area contributed by atoms with Gasteiger partial charge in [-0.1, -0.05) is 205 Å². The molecule has 0 aromatic heterocycles. The van der Waals surface area contributed by atoms with Gasteiger partial charge in [-0.3, -0.25) is 9.59 Å². The Kier molecular flexibility index (Phi) is 40.5. The third kappa shape index (κ3) is 31.1. The molecule has 0 bridgehead atoms. The van der Waals surface area contributed by atoms with Gasteiger partial charge in [-0.15, -0.1) is 0 Å². The zero-order valence-corrected chi connectivity index (χ0v) is 44.9. The maximum atomic E-state index is 13.0. The number of rotatable bonds is 46. The van der Waals surface area contributed by atoms with Crippen molar-refractivity contribution in [1.29, 1.82) is 0 Å². The summed E-state index contributed by atoms with van der Waals surface area (Å²) in [5, 5.41) is 72.2. The van der Waals surface area contributed by atoms with E-state index in [0.29, 0.717) is 12.8 Å². The first-order chi connectivity index (χ1) is 35.0. The summed E-state index contributed by atoms with van der Waals surface area (Å²) in [5.41, 5.74) is 0. The van der Waals surface area contributed by atoms with Crippen LogP contribution in [0.5, 0.6) is 0 Å². The molecule has 2 saturated heterocycles. The van der Waals surface area contributed by atoms with E-state index in [9.17, 15) is 45.3 Å². The van der Waals surface area contributed by atoms with Crippen LogP contribution in [0.4, 0.5) is 0 Å².